The van der Waals surface area contributed by atoms with Gasteiger partial charge in [-0.15, -0.1) is 15.3 Å². The second-order valence-corrected chi connectivity index (χ2v) is 8.01. The first-order valence-electron chi connectivity index (χ1n) is 9.56. The Kier molecular flexibility index (Phi) is 5.98. The van der Waals surface area contributed by atoms with Gasteiger partial charge in [0.25, 0.3) is 0 Å². The molecule has 0 aliphatic heterocycles. The highest BCUT2D eigenvalue weighted by atomic mass is 32.1. The van der Waals surface area contributed by atoms with E-state index >= 15 is 0 Å². The number of hydrogen-bond donors (Lipinski definition) is 3. The summed E-state index contributed by atoms with van der Waals surface area (Å²) in [5.74, 6) is -0.692. The summed E-state index contributed by atoms with van der Waals surface area (Å²) in [5.41, 5.74) is 3.38. The van der Waals surface area contributed by atoms with Crippen LogP contribution in [-0.4, -0.2) is 37.4 Å². The Labute approximate surface area is 175 Å². The van der Waals surface area contributed by atoms with Crippen LogP contribution >= 0.6 is 11.3 Å². The van der Waals surface area contributed by atoms with Gasteiger partial charge < -0.3 is 14.8 Å². The quantitative estimate of drug-likeness (QED) is 0.513. The molecule has 11 heteroatoms. The molecule has 30 heavy (non-hydrogen) atoms. The number of rotatable bonds is 7. The summed E-state index contributed by atoms with van der Waals surface area (Å²) in [6, 6.07) is 7.73. The van der Waals surface area contributed by atoms with Crippen LogP contribution in [0.2, 0.25) is 0 Å². The molecule has 4 rings (SSSR count). The molecule has 1 amide bonds. The number of benzene rings is 1. The van der Waals surface area contributed by atoms with Gasteiger partial charge in [-0.25, -0.2) is 0 Å². The lowest BCUT2D eigenvalue weighted by Gasteiger charge is -2.28. The van der Waals surface area contributed by atoms with Gasteiger partial charge in [-0.05, 0) is 55.2 Å². The number of nitrogens with one attached hydrogen (secondary N) is 2. The number of carboxylic acid groups (broad SMARTS) is 1. The van der Waals surface area contributed by atoms with E-state index in [2.05, 4.69) is 31.0 Å². The third kappa shape index (κ3) is 4.98. The molecule has 0 unspecified atom stereocenters. The Hall–Kier alpha value is -3.34. The molecular weight excluding hydrogens is 408 g/mol. The number of aliphatic carboxylic acids is 1. The fourth-order valence-corrected chi connectivity index (χ4v) is 4.09. The second kappa shape index (κ2) is 8.99. The Morgan fingerprint density at radius 2 is 1.87 bits per heavy atom. The molecule has 1 aliphatic carbocycles. The van der Waals surface area contributed by atoms with Crippen LogP contribution < -0.4 is 10.6 Å². The highest BCUT2D eigenvalue weighted by Crippen LogP contribution is 2.37. The van der Waals surface area contributed by atoms with E-state index in [1.54, 1.807) is 5.51 Å². The first kappa shape index (κ1) is 20.0. The molecule has 0 saturated heterocycles. The normalized spacial score (nSPS) is 18.7. The molecule has 156 valence electrons. The Morgan fingerprint density at radius 3 is 2.53 bits per heavy atom. The minimum Gasteiger partial charge on any atom is -0.481 e. The number of aromatic nitrogens is 4. The zero-order chi connectivity index (χ0) is 20.9. The number of carboxylic acids is 1. The lowest BCUT2D eigenvalue weighted by Crippen LogP contribution is -2.16. The van der Waals surface area contributed by atoms with Gasteiger partial charge in [0.05, 0.1) is 0 Å². The molecule has 0 spiro atoms. The average molecular weight is 428 g/mol. The van der Waals surface area contributed by atoms with Crippen LogP contribution in [0.15, 0.2) is 34.2 Å². The van der Waals surface area contributed by atoms with Crippen molar-refractivity contribution in [2.24, 2.45) is 5.92 Å². The predicted octanol–water partition coefficient (Wildman–Crippen LogP) is 3.67. The number of anilines is 3. The van der Waals surface area contributed by atoms with E-state index in [-0.39, 0.29) is 24.2 Å². The number of hydrogen-bond acceptors (Lipinski definition) is 9. The zero-order valence-corrected chi connectivity index (χ0v) is 16.8. The molecule has 1 aromatic carbocycles. The fraction of sp³-hybridized carbons (Fsp3) is 0.368. The van der Waals surface area contributed by atoms with Crippen LogP contribution in [0.3, 0.4) is 0 Å². The van der Waals surface area contributed by atoms with Gasteiger partial charge in [0, 0.05) is 12.1 Å². The SMILES string of the molecule is O=C(O)C[C@H]1CC[C@H](c2ccc(NC(=O)c3nnc(Nc4nncs4)o3)cc2)CC1. The van der Waals surface area contributed by atoms with Crippen LogP contribution in [0, 0.1) is 5.92 Å². The van der Waals surface area contributed by atoms with Crippen molar-refractivity contribution in [2.75, 3.05) is 10.6 Å². The van der Waals surface area contributed by atoms with Gasteiger partial charge >= 0.3 is 23.8 Å². The van der Waals surface area contributed by atoms with Gasteiger partial charge in [0.1, 0.15) is 5.51 Å². The van der Waals surface area contributed by atoms with Crippen molar-refractivity contribution in [1.29, 1.82) is 0 Å². The zero-order valence-electron chi connectivity index (χ0n) is 15.9. The van der Waals surface area contributed by atoms with Gasteiger partial charge in [0.15, 0.2) is 0 Å². The molecule has 0 bridgehead atoms. The van der Waals surface area contributed by atoms with Crippen LogP contribution in [0.1, 0.15) is 54.3 Å². The largest absolute Gasteiger partial charge is 0.481 e. The number of carbonyl (C=O) groups is 2. The Morgan fingerprint density at radius 1 is 1.10 bits per heavy atom. The number of nitrogens with zero attached hydrogens (tertiary/aromatic N) is 4. The van der Waals surface area contributed by atoms with E-state index in [0.29, 0.717) is 16.7 Å². The molecule has 0 atom stereocenters. The summed E-state index contributed by atoms with van der Waals surface area (Å²) >= 11 is 1.27. The van der Waals surface area contributed by atoms with E-state index in [9.17, 15) is 9.59 Å². The van der Waals surface area contributed by atoms with Crippen molar-refractivity contribution in [1.82, 2.24) is 20.4 Å². The molecule has 3 aromatic rings. The smallest absolute Gasteiger partial charge is 0.322 e. The third-order valence-electron chi connectivity index (χ3n) is 5.14. The van der Waals surface area contributed by atoms with Gasteiger partial charge in [-0.2, -0.15) is 0 Å². The molecule has 1 aliphatic rings. The summed E-state index contributed by atoms with van der Waals surface area (Å²) in [7, 11) is 0. The Bertz CT molecular complexity index is 996. The molecular formula is C19H20N6O4S. The molecule has 1 fully saturated rings. The van der Waals surface area contributed by atoms with Gasteiger partial charge in [-0.1, -0.05) is 28.6 Å². The highest BCUT2D eigenvalue weighted by Gasteiger charge is 2.24. The standard InChI is InChI=1S/C19H20N6O4S/c26-15(27)9-11-1-3-12(4-2-11)13-5-7-14(8-6-13)21-16(28)17-23-24-18(29-17)22-19-25-20-10-30-19/h5-8,10-12H,1-4,9H2,(H,21,28)(H,26,27)(H,22,24,25)/t11-,12-. The van der Waals surface area contributed by atoms with Crippen molar-refractivity contribution in [3.05, 3.63) is 41.2 Å². The van der Waals surface area contributed by atoms with E-state index in [1.165, 1.54) is 16.9 Å². The first-order valence-corrected chi connectivity index (χ1v) is 10.4. The summed E-state index contributed by atoms with van der Waals surface area (Å²) in [5, 5.41) is 29.9. The van der Waals surface area contributed by atoms with Crippen molar-refractivity contribution in [3.8, 4) is 0 Å². The van der Waals surface area contributed by atoms with Crippen LogP contribution in [0.4, 0.5) is 16.8 Å². The van der Waals surface area contributed by atoms with Crippen molar-refractivity contribution >= 4 is 40.0 Å². The average Bonchev–Trinajstić information content (AvgIpc) is 3.41. The lowest BCUT2D eigenvalue weighted by molar-refractivity contribution is -0.138. The lowest BCUT2D eigenvalue weighted by atomic mass is 9.77. The fourth-order valence-electron chi connectivity index (χ4n) is 3.65. The highest BCUT2D eigenvalue weighted by molar-refractivity contribution is 7.13. The predicted molar refractivity (Wildman–Crippen MR) is 109 cm³/mol. The van der Waals surface area contributed by atoms with E-state index in [1.807, 2.05) is 24.3 Å². The minimum atomic E-state index is -0.720. The maximum absolute atomic E-state index is 12.3. The van der Waals surface area contributed by atoms with E-state index < -0.39 is 11.9 Å². The van der Waals surface area contributed by atoms with Gasteiger partial charge in [-0.3, -0.25) is 14.9 Å². The second-order valence-electron chi connectivity index (χ2n) is 7.17. The van der Waals surface area contributed by atoms with Crippen molar-refractivity contribution in [3.63, 3.8) is 0 Å². The Balaban J connectivity index is 1.31. The third-order valence-corrected chi connectivity index (χ3v) is 5.75. The monoisotopic (exact) mass is 428 g/mol. The molecule has 0 radical (unpaired) electrons. The summed E-state index contributed by atoms with van der Waals surface area (Å²) in [6.45, 7) is 0. The summed E-state index contributed by atoms with van der Waals surface area (Å²) in [4.78, 5) is 23.2. The summed E-state index contributed by atoms with van der Waals surface area (Å²) in [6.07, 6.45) is 4.08. The van der Waals surface area contributed by atoms with E-state index in [4.69, 9.17) is 9.52 Å². The summed E-state index contributed by atoms with van der Waals surface area (Å²) < 4.78 is 5.30. The molecule has 10 nitrogen and oxygen atoms in total. The van der Waals surface area contributed by atoms with E-state index in [0.717, 1.165) is 25.7 Å². The maximum atomic E-state index is 12.3. The minimum absolute atomic E-state index is 0.0609. The van der Waals surface area contributed by atoms with Gasteiger partial charge in [0.2, 0.25) is 5.13 Å². The topological polar surface area (TPSA) is 143 Å². The molecule has 1 saturated carbocycles. The van der Waals surface area contributed by atoms with Crippen molar-refractivity contribution < 1.29 is 19.1 Å². The van der Waals surface area contributed by atoms with Crippen molar-refractivity contribution in [2.45, 2.75) is 38.0 Å². The molecule has 2 aromatic heterocycles. The maximum Gasteiger partial charge on any atom is 0.322 e. The van der Waals surface area contributed by atoms with Crippen LogP contribution in [0.5, 0.6) is 0 Å². The first-order chi connectivity index (χ1) is 14.6. The van der Waals surface area contributed by atoms with Crippen LogP contribution in [-0.2, 0) is 4.79 Å². The number of amides is 1. The molecule has 3 N–H and O–H groups in total. The number of carbonyl (C=O) groups excluding carboxylic acids is 1. The molecule has 2 heterocycles. The van der Waals surface area contributed by atoms with Crippen LogP contribution in [0.25, 0.3) is 0 Å².